The lowest BCUT2D eigenvalue weighted by Crippen LogP contribution is -2.33. The lowest BCUT2D eigenvalue weighted by atomic mass is 10.1. The second-order valence-corrected chi connectivity index (χ2v) is 5.12. The van der Waals surface area contributed by atoms with Gasteiger partial charge in [0.15, 0.2) is 11.9 Å². The topological polar surface area (TPSA) is 114 Å². The Morgan fingerprint density at radius 1 is 1.24 bits per heavy atom. The molecule has 0 aliphatic carbocycles. The van der Waals surface area contributed by atoms with Gasteiger partial charge in [0.2, 0.25) is 0 Å². The van der Waals surface area contributed by atoms with Crippen LogP contribution in [0.15, 0.2) is 12.7 Å². The van der Waals surface area contributed by atoms with Crippen molar-refractivity contribution in [1.82, 2.24) is 19.5 Å². The molecule has 4 atom stereocenters. The highest BCUT2D eigenvalue weighted by Crippen LogP contribution is 2.31. The fraction of sp³-hybridized carbons (Fsp3) is 0.615. The molecule has 114 valence electrons. The predicted molar refractivity (Wildman–Crippen MR) is 72.3 cm³/mol. The maximum absolute atomic E-state index is 10.1. The summed E-state index contributed by atoms with van der Waals surface area (Å²) in [5.74, 6) is 0. The van der Waals surface area contributed by atoms with Crippen LogP contribution >= 0.6 is 0 Å². The second-order valence-electron chi connectivity index (χ2n) is 5.12. The van der Waals surface area contributed by atoms with Crippen LogP contribution in [0.4, 0.5) is 0 Å². The monoisotopic (exact) mass is 294 g/mol. The number of aliphatic hydroxyl groups excluding tert-OH is 3. The third-order valence-corrected chi connectivity index (χ3v) is 3.71. The standard InChI is InChI=1S/C13H18N4O4/c1-2-3-7-9-12(15-5-14-7)17(6-16-9)13-11(20)10(19)8(4-18)21-13/h5-6,8,10-11,13,18-20H,2-4H2,1H3/t8-,10-,11-,13-/m1/s1. The Hall–Kier alpha value is -1.61. The van der Waals surface area contributed by atoms with E-state index in [4.69, 9.17) is 9.84 Å². The van der Waals surface area contributed by atoms with E-state index >= 15 is 0 Å². The number of aliphatic hydroxyl groups is 3. The third kappa shape index (κ3) is 2.30. The van der Waals surface area contributed by atoms with E-state index in [0.29, 0.717) is 11.2 Å². The summed E-state index contributed by atoms with van der Waals surface area (Å²) in [7, 11) is 0. The second kappa shape index (κ2) is 5.64. The first-order valence-electron chi connectivity index (χ1n) is 6.96. The molecule has 0 spiro atoms. The van der Waals surface area contributed by atoms with Crippen molar-refractivity contribution in [1.29, 1.82) is 0 Å². The van der Waals surface area contributed by atoms with Crippen LogP contribution in [0.1, 0.15) is 25.3 Å². The summed E-state index contributed by atoms with van der Waals surface area (Å²) in [5, 5.41) is 29.1. The number of hydrogen-bond acceptors (Lipinski definition) is 7. The zero-order chi connectivity index (χ0) is 15.0. The lowest BCUT2D eigenvalue weighted by Gasteiger charge is -2.16. The summed E-state index contributed by atoms with van der Waals surface area (Å²) in [4.78, 5) is 12.7. The highest BCUT2D eigenvalue weighted by molar-refractivity contribution is 5.73. The molecule has 1 aliphatic rings. The van der Waals surface area contributed by atoms with Gasteiger partial charge in [0.1, 0.15) is 30.2 Å². The van der Waals surface area contributed by atoms with Gasteiger partial charge in [0, 0.05) is 0 Å². The van der Waals surface area contributed by atoms with E-state index in [1.807, 2.05) is 0 Å². The van der Waals surface area contributed by atoms with Gasteiger partial charge in [-0.15, -0.1) is 0 Å². The molecule has 0 bridgehead atoms. The number of aromatic nitrogens is 4. The zero-order valence-electron chi connectivity index (χ0n) is 11.6. The molecule has 8 heteroatoms. The quantitative estimate of drug-likeness (QED) is 0.689. The molecule has 0 saturated carbocycles. The normalized spacial score (nSPS) is 29.3. The van der Waals surface area contributed by atoms with Crippen LogP contribution in [0.3, 0.4) is 0 Å². The number of aryl methyl sites for hydroxylation is 1. The number of fused-ring (bicyclic) bond motifs is 1. The minimum absolute atomic E-state index is 0.364. The van der Waals surface area contributed by atoms with E-state index in [9.17, 15) is 10.2 Å². The average Bonchev–Trinajstić information content (AvgIpc) is 3.03. The first kappa shape index (κ1) is 14.3. The van der Waals surface area contributed by atoms with Crippen LogP contribution in [-0.2, 0) is 11.2 Å². The van der Waals surface area contributed by atoms with Crippen LogP contribution in [-0.4, -0.2) is 59.8 Å². The van der Waals surface area contributed by atoms with Crippen LogP contribution in [0.5, 0.6) is 0 Å². The molecule has 2 aromatic heterocycles. The van der Waals surface area contributed by atoms with Crippen molar-refractivity contribution >= 4 is 11.2 Å². The van der Waals surface area contributed by atoms with Crippen molar-refractivity contribution in [2.75, 3.05) is 6.61 Å². The number of imidazole rings is 1. The number of hydrogen-bond donors (Lipinski definition) is 3. The molecular weight excluding hydrogens is 276 g/mol. The Bertz CT molecular complexity index is 632. The summed E-state index contributed by atoms with van der Waals surface area (Å²) >= 11 is 0. The van der Waals surface area contributed by atoms with Crippen LogP contribution in [0.25, 0.3) is 11.2 Å². The minimum atomic E-state index is -1.15. The maximum atomic E-state index is 10.1. The van der Waals surface area contributed by atoms with Gasteiger partial charge in [-0.3, -0.25) is 4.57 Å². The van der Waals surface area contributed by atoms with E-state index in [1.54, 1.807) is 4.57 Å². The summed E-state index contributed by atoms with van der Waals surface area (Å²) in [6.07, 6.45) is 0.745. The molecule has 0 aromatic carbocycles. The van der Waals surface area contributed by atoms with E-state index < -0.39 is 24.5 Å². The Kier molecular flexibility index (Phi) is 3.85. The van der Waals surface area contributed by atoms with Crippen LogP contribution in [0, 0.1) is 0 Å². The zero-order valence-corrected chi connectivity index (χ0v) is 11.6. The summed E-state index contributed by atoms with van der Waals surface area (Å²) in [5.41, 5.74) is 2.05. The van der Waals surface area contributed by atoms with Gasteiger partial charge in [-0.2, -0.15) is 0 Å². The van der Waals surface area contributed by atoms with E-state index in [0.717, 1.165) is 18.5 Å². The Labute approximate surface area is 121 Å². The molecule has 3 heterocycles. The molecule has 3 N–H and O–H groups in total. The van der Waals surface area contributed by atoms with E-state index in [-0.39, 0.29) is 6.61 Å². The van der Waals surface area contributed by atoms with Crippen molar-refractivity contribution in [3.8, 4) is 0 Å². The molecule has 21 heavy (non-hydrogen) atoms. The van der Waals surface area contributed by atoms with Crippen molar-refractivity contribution in [2.45, 2.75) is 44.3 Å². The van der Waals surface area contributed by atoms with Crippen LogP contribution < -0.4 is 0 Å². The van der Waals surface area contributed by atoms with E-state index in [2.05, 4.69) is 21.9 Å². The van der Waals surface area contributed by atoms with Gasteiger partial charge in [-0.25, -0.2) is 15.0 Å². The molecule has 1 aliphatic heterocycles. The Balaban J connectivity index is 2.00. The van der Waals surface area contributed by atoms with E-state index in [1.165, 1.54) is 12.7 Å². The molecular formula is C13H18N4O4. The first-order valence-corrected chi connectivity index (χ1v) is 6.96. The Morgan fingerprint density at radius 3 is 2.71 bits per heavy atom. The largest absolute Gasteiger partial charge is 0.394 e. The molecule has 8 nitrogen and oxygen atoms in total. The highest BCUT2D eigenvalue weighted by atomic mass is 16.6. The summed E-state index contributed by atoms with van der Waals surface area (Å²) in [6, 6.07) is 0. The van der Waals surface area contributed by atoms with Gasteiger partial charge in [0.25, 0.3) is 0 Å². The molecule has 0 radical (unpaired) electrons. The molecule has 0 unspecified atom stereocenters. The molecule has 0 amide bonds. The molecule has 1 fully saturated rings. The SMILES string of the molecule is CCCc1ncnc2c1ncn2[C@@H]1O[C@H](CO)[C@@H](O)[C@H]1O. The number of ether oxygens (including phenoxy) is 1. The fourth-order valence-electron chi connectivity index (χ4n) is 2.62. The summed E-state index contributed by atoms with van der Waals surface area (Å²) < 4.78 is 7.07. The van der Waals surface area contributed by atoms with Gasteiger partial charge in [-0.1, -0.05) is 13.3 Å². The van der Waals surface area contributed by atoms with Gasteiger partial charge >= 0.3 is 0 Å². The van der Waals surface area contributed by atoms with Crippen molar-refractivity contribution in [2.24, 2.45) is 0 Å². The predicted octanol–water partition coefficient (Wildman–Crippen LogP) is -0.610. The van der Waals surface area contributed by atoms with Crippen molar-refractivity contribution in [3.05, 3.63) is 18.3 Å². The molecule has 2 aromatic rings. The number of rotatable bonds is 4. The average molecular weight is 294 g/mol. The highest BCUT2D eigenvalue weighted by Gasteiger charge is 2.43. The van der Waals surface area contributed by atoms with Gasteiger partial charge in [-0.05, 0) is 6.42 Å². The first-order chi connectivity index (χ1) is 10.2. The van der Waals surface area contributed by atoms with Crippen LogP contribution in [0.2, 0.25) is 0 Å². The smallest absolute Gasteiger partial charge is 0.165 e. The van der Waals surface area contributed by atoms with Gasteiger partial charge in [0.05, 0.1) is 18.6 Å². The third-order valence-electron chi connectivity index (χ3n) is 3.71. The summed E-state index contributed by atoms with van der Waals surface area (Å²) in [6.45, 7) is 1.69. The lowest BCUT2D eigenvalue weighted by molar-refractivity contribution is -0.0511. The Morgan fingerprint density at radius 2 is 2.05 bits per heavy atom. The fourth-order valence-corrected chi connectivity index (χ4v) is 2.62. The molecule has 1 saturated heterocycles. The van der Waals surface area contributed by atoms with Crippen molar-refractivity contribution in [3.63, 3.8) is 0 Å². The van der Waals surface area contributed by atoms with Gasteiger partial charge < -0.3 is 20.1 Å². The minimum Gasteiger partial charge on any atom is -0.394 e. The number of nitrogens with zero attached hydrogens (tertiary/aromatic N) is 4. The molecule has 3 rings (SSSR count). The van der Waals surface area contributed by atoms with Crippen molar-refractivity contribution < 1.29 is 20.1 Å². The maximum Gasteiger partial charge on any atom is 0.165 e.